The molecule has 0 fully saturated rings. The number of hydrogen-bond acceptors (Lipinski definition) is 5. The van der Waals surface area contributed by atoms with Crippen molar-refractivity contribution in [1.29, 1.82) is 0 Å². The molecular formula is C11H12N4O2. The summed E-state index contributed by atoms with van der Waals surface area (Å²) in [6, 6.07) is 8.74. The topological polar surface area (TPSA) is 82.3 Å². The summed E-state index contributed by atoms with van der Waals surface area (Å²) in [6.45, 7) is -0.0888. The summed E-state index contributed by atoms with van der Waals surface area (Å²) in [7, 11) is 0. The third kappa shape index (κ3) is 1.63. The molecule has 1 aliphatic rings. The Morgan fingerprint density at radius 2 is 2.24 bits per heavy atom. The van der Waals surface area contributed by atoms with E-state index in [1.54, 1.807) is 28.9 Å². The molecule has 17 heavy (non-hydrogen) atoms. The van der Waals surface area contributed by atoms with Crippen molar-refractivity contribution in [3.05, 3.63) is 41.6 Å². The minimum absolute atomic E-state index is 0.0888. The Morgan fingerprint density at radius 3 is 3.00 bits per heavy atom. The molecule has 2 aromatic rings. The normalized spacial score (nSPS) is 17.8. The number of hydrogen-bond donors (Lipinski definition) is 4. The highest BCUT2D eigenvalue weighted by molar-refractivity contribution is 5.42. The highest BCUT2D eigenvalue weighted by Crippen LogP contribution is 2.27. The summed E-state index contributed by atoms with van der Waals surface area (Å²) < 4.78 is 1.74. The Kier molecular flexibility index (Phi) is 2.24. The summed E-state index contributed by atoms with van der Waals surface area (Å²) in [4.78, 5) is 0. The summed E-state index contributed by atoms with van der Waals surface area (Å²) in [6.07, 6.45) is -0.183. The van der Waals surface area contributed by atoms with Gasteiger partial charge in [0.15, 0.2) is 0 Å². The monoisotopic (exact) mass is 232 g/mol. The van der Waals surface area contributed by atoms with Crippen molar-refractivity contribution >= 4 is 5.82 Å². The van der Waals surface area contributed by atoms with E-state index in [2.05, 4.69) is 16.0 Å². The molecule has 6 nitrogen and oxygen atoms in total. The van der Waals surface area contributed by atoms with Crippen LogP contribution in [0.15, 0.2) is 30.3 Å². The van der Waals surface area contributed by atoms with Crippen LogP contribution in [0.5, 0.6) is 5.75 Å². The molecule has 1 aromatic heterocycles. The van der Waals surface area contributed by atoms with Gasteiger partial charge in [0.1, 0.15) is 17.7 Å². The third-order valence-corrected chi connectivity index (χ3v) is 2.72. The quantitative estimate of drug-likeness (QED) is 0.608. The lowest BCUT2D eigenvalue weighted by molar-refractivity contribution is 0.274. The maximum Gasteiger partial charge on any atom is 0.146 e. The van der Waals surface area contributed by atoms with Crippen LogP contribution in [0.3, 0.4) is 0 Å². The number of aliphatic hydroxyl groups excluding tert-OH is 1. The van der Waals surface area contributed by atoms with Crippen LogP contribution >= 0.6 is 0 Å². The molecule has 0 saturated carbocycles. The van der Waals surface area contributed by atoms with E-state index >= 15 is 0 Å². The number of aromatic nitrogens is 2. The fourth-order valence-electron chi connectivity index (χ4n) is 1.94. The maximum atomic E-state index is 9.45. The predicted octanol–water partition coefficient (Wildman–Crippen LogP) is 0.558. The fourth-order valence-corrected chi connectivity index (χ4v) is 1.94. The summed E-state index contributed by atoms with van der Waals surface area (Å²) in [5, 5.41) is 22.7. The van der Waals surface area contributed by atoms with Crippen LogP contribution in [0.25, 0.3) is 0 Å². The van der Waals surface area contributed by atoms with Crippen molar-refractivity contribution in [3.8, 4) is 5.75 Å². The van der Waals surface area contributed by atoms with Gasteiger partial charge in [-0.25, -0.2) is 10.1 Å². The maximum absolute atomic E-state index is 9.45. The molecule has 1 aliphatic heterocycles. The van der Waals surface area contributed by atoms with Gasteiger partial charge in [0.25, 0.3) is 0 Å². The Labute approximate surface area is 97.5 Å². The SMILES string of the molecule is OCc1cc2n(n1)C(c1cccc(O)c1)NN2. The van der Waals surface area contributed by atoms with Gasteiger partial charge in [0.2, 0.25) is 0 Å². The molecule has 1 atom stereocenters. The Balaban J connectivity index is 2.00. The van der Waals surface area contributed by atoms with E-state index in [0.717, 1.165) is 11.4 Å². The number of rotatable bonds is 2. The lowest BCUT2D eigenvalue weighted by Crippen LogP contribution is -2.23. The highest BCUT2D eigenvalue weighted by Gasteiger charge is 2.24. The molecule has 6 heteroatoms. The van der Waals surface area contributed by atoms with Gasteiger partial charge in [0, 0.05) is 6.07 Å². The summed E-state index contributed by atoms with van der Waals surface area (Å²) >= 11 is 0. The number of benzene rings is 1. The van der Waals surface area contributed by atoms with Gasteiger partial charge in [-0.3, -0.25) is 0 Å². The first-order valence-corrected chi connectivity index (χ1v) is 5.27. The lowest BCUT2D eigenvalue weighted by Gasteiger charge is -2.12. The molecule has 0 radical (unpaired) electrons. The highest BCUT2D eigenvalue weighted by atomic mass is 16.3. The number of nitrogens with zero attached hydrogens (tertiary/aromatic N) is 2. The number of aliphatic hydroxyl groups is 1. The number of anilines is 1. The van der Waals surface area contributed by atoms with Crippen LogP contribution in [0, 0.1) is 0 Å². The molecule has 0 spiro atoms. The molecule has 3 rings (SSSR count). The number of aromatic hydroxyl groups is 1. The molecule has 88 valence electrons. The van der Waals surface area contributed by atoms with Crippen molar-refractivity contribution in [2.45, 2.75) is 12.8 Å². The first-order valence-electron chi connectivity index (χ1n) is 5.27. The van der Waals surface area contributed by atoms with E-state index in [1.807, 2.05) is 6.07 Å². The minimum atomic E-state index is -0.183. The van der Waals surface area contributed by atoms with Gasteiger partial charge >= 0.3 is 0 Å². The number of nitrogens with one attached hydrogen (secondary N) is 2. The van der Waals surface area contributed by atoms with Crippen LogP contribution in [-0.2, 0) is 6.61 Å². The van der Waals surface area contributed by atoms with E-state index in [1.165, 1.54) is 0 Å². The smallest absolute Gasteiger partial charge is 0.146 e. The molecule has 0 bridgehead atoms. The molecule has 4 N–H and O–H groups in total. The van der Waals surface area contributed by atoms with Crippen LogP contribution in [0.4, 0.5) is 5.82 Å². The molecule has 0 saturated heterocycles. The van der Waals surface area contributed by atoms with Crippen LogP contribution in [0.1, 0.15) is 17.4 Å². The second-order valence-corrected chi connectivity index (χ2v) is 3.89. The minimum Gasteiger partial charge on any atom is -0.508 e. The Morgan fingerprint density at radius 1 is 1.35 bits per heavy atom. The van der Waals surface area contributed by atoms with E-state index < -0.39 is 0 Å². The van der Waals surface area contributed by atoms with Gasteiger partial charge in [-0.05, 0) is 17.7 Å². The van der Waals surface area contributed by atoms with Gasteiger partial charge in [-0.15, -0.1) is 0 Å². The standard InChI is InChI=1S/C11H12N4O2/c16-6-8-5-10-12-13-11(15(10)14-8)7-2-1-3-9(17)4-7/h1-5,11-13,16-17H,6H2. The number of fused-ring (bicyclic) bond motifs is 1. The predicted molar refractivity (Wildman–Crippen MR) is 61.2 cm³/mol. The first-order chi connectivity index (χ1) is 8.28. The number of phenolic OH excluding ortho intramolecular Hbond substituents is 1. The van der Waals surface area contributed by atoms with Gasteiger partial charge in [-0.2, -0.15) is 5.10 Å². The summed E-state index contributed by atoms with van der Waals surface area (Å²) in [5.41, 5.74) is 7.54. The number of hydrazine groups is 1. The molecular weight excluding hydrogens is 220 g/mol. The van der Waals surface area contributed by atoms with Crippen LogP contribution < -0.4 is 10.9 Å². The second kappa shape index (κ2) is 3.76. The molecule has 2 heterocycles. The second-order valence-electron chi connectivity index (χ2n) is 3.89. The van der Waals surface area contributed by atoms with E-state index in [4.69, 9.17) is 5.11 Å². The molecule has 0 aliphatic carbocycles. The zero-order chi connectivity index (χ0) is 11.8. The zero-order valence-corrected chi connectivity index (χ0v) is 8.96. The molecule has 0 amide bonds. The largest absolute Gasteiger partial charge is 0.508 e. The van der Waals surface area contributed by atoms with Crippen molar-refractivity contribution in [3.63, 3.8) is 0 Å². The van der Waals surface area contributed by atoms with Crippen molar-refractivity contribution in [2.75, 3.05) is 5.43 Å². The average Bonchev–Trinajstić information content (AvgIpc) is 2.87. The fraction of sp³-hybridized carbons (Fsp3) is 0.182. The van der Waals surface area contributed by atoms with Gasteiger partial charge in [0.05, 0.1) is 12.3 Å². The van der Waals surface area contributed by atoms with E-state index in [9.17, 15) is 5.11 Å². The number of phenols is 1. The Bertz CT molecular complexity index is 552. The van der Waals surface area contributed by atoms with E-state index in [0.29, 0.717) is 5.69 Å². The van der Waals surface area contributed by atoms with Crippen LogP contribution in [-0.4, -0.2) is 20.0 Å². The van der Waals surface area contributed by atoms with E-state index in [-0.39, 0.29) is 18.5 Å². The molecule has 1 unspecified atom stereocenters. The lowest BCUT2D eigenvalue weighted by atomic mass is 10.2. The van der Waals surface area contributed by atoms with Crippen LogP contribution in [0.2, 0.25) is 0 Å². The molecule has 1 aromatic carbocycles. The first kappa shape index (κ1) is 10.1. The van der Waals surface area contributed by atoms with Gasteiger partial charge in [-0.1, -0.05) is 12.1 Å². The zero-order valence-electron chi connectivity index (χ0n) is 8.96. The van der Waals surface area contributed by atoms with Crippen molar-refractivity contribution in [1.82, 2.24) is 15.2 Å². The average molecular weight is 232 g/mol. The van der Waals surface area contributed by atoms with Crippen molar-refractivity contribution in [2.24, 2.45) is 0 Å². The third-order valence-electron chi connectivity index (χ3n) is 2.72. The summed E-state index contributed by atoms with van der Waals surface area (Å²) in [5.74, 6) is 1.01. The Hall–Kier alpha value is -2.05. The van der Waals surface area contributed by atoms with Gasteiger partial charge < -0.3 is 15.6 Å². The van der Waals surface area contributed by atoms with Crippen molar-refractivity contribution < 1.29 is 10.2 Å².